The highest BCUT2D eigenvalue weighted by Crippen LogP contribution is 2.12. The largest absolute Gasteiger partial charge is 0.308 e. The molecule has 0 aliphatic carbocycles. The molecule has 0 aliphatic heterocycles. The van der Waals surface area contributed by atoms with Gasteiger partial charge in [-0.3, -0.25) is 4.99 Å². The lowest BCUT2D eigenvalue weighted by Gasteiger charge is -2.06. The maximum absolute atomic E-state index is 7.25. The topological polar surface area (TPSA) is 36.2 Å². The summed E-state index contributed by atoms with van der Waals surface area (Å²) in [6, 6.07) is 0. The fourth-order valence-corrected chi connectivity index (χ4v) is 0.920. The summed E-state index contributed by atoms with van der Waals surface area (Å²) in [5, 5.41) is 7.25. The minimum Gasteiger partial charge on any atom is -0.308 e. The van der Waals surface area contributed by atoms with Crippen molar-refractivity contribution in [3.05, 3.63) is 36.1 Å². The molecule has 0 aromatic heterocycles. The molecule has 0 aliphatic rings. The quantitative estimate of drug-likeness (QED) is 0.529. The van der Waals surface area contributed by atoms with Gasteiger partial charge in [0, 0.05) is 23.7 Å². The molecule has 0 saturated heterocycles. The van der Waals surface area contributed by atoms with Crippen molar-refractivity contribution in [3.63, 3.8) is 0 Å². The third kappa shape index (κ3) is 5.78. The number of aliphatic imine (C=N–C) groups is 1. The van der Waals surface area contributed by atoms with Crippen LogP contribution in [0.3, 0.4) is 0 Å². The SMILES string of the molecule is C=CN=C(C)/C(C=N)=C(\C)C(=C)C.CC. The molecule has 2 heteroatoms. The van der Waals surface area contributed by atoms with Crippen LogP contribution < -0.4 is 0 Å². The molecule has 0 heterocycles. The van der Waals surface area contributed by atoms with E-state index in [1.807, 2.05) is 34.6 Å². The van der Waals surface area contributed by atoms with E-state index < -0.39 is 0 Å². The molecule has 0 unspecified atom stereocenters. The smallest absolute Gasteiger partial charge is 0.0462 e. The van der Waals surface area contributed by atoms with Crippen LogP contribution in [0.2, 0.25) is 0 Å². The fourth-order valence-electron chi connectivity index (χ4n) is 0.920. The van der Waals surface area contributed by atoms with Crippen molar-refractivity contribution in [1.29, 1.82) is 5.41 Å². The Morgan fingerprint density at radius 3 is 1.93 bits per heavy atom. The van der Waals surface area contributed by atoms with E-state index in [0.717, 1.165) is 22.4 Å². The van der Waals surface area contributed by atoms with Gasteiger partial charge < -0.3 is 5.41 Å². The number of nitrogens with zero attached hydrogens (tertiary/aromatic N) is 1. The second-order valence-electron chi connectivity index (χ2n) is 2.86. The van der Waals surface area contributed by atoms with E-state index in [4.69, 9.17) is 5.41 Å². The van der Waals surface area contributed by atoms with Crippen molar-refractivity contribution >= 4 is 11.9 Å². The Balaban J connectivity index is 0. The van der Waals surface area contributed by atoms with E-state index >= 15 is 0 Å². The highest BCUT2D eigenvalue weighted by molar-refractivity contribution is 6.15. The molecule has 15 heavy (non-hydrogen) atoms. The van der Waals surface area contributed by atoms with Gasteiger partial charge in [-0.2, -0.15) is 0 Å². The van der Waals surface area contributed by atoms with E-state index in [-0.39, 0.29) is 0 Å². The summed E-state index contributed by atoms with van der Waals surface area (Å²) >= 11 is 0. The van der Waals surface area contributed by atoms with Gasteiger partial charge in [0.15, 0.2) is 0 Å². The van der Waals surface area contributed by atoms with Gasteiger partial charge in [0.2, 0.25) is 0 Å². The Morgan fingerprint density at radius 1 is 1.20 bits per heavy atom. The van der Waals surface area contributed by atoms with E-state index in [1.165, 1.54) is 12.4 Å². The first-order valence-corrected chi connectivity index (χ1v) is 5.07. The summed E-state index contributed by atoms with van der Waals surface area (Å²) in [5.74, 6) is 0. The molecule has 0 amide bonds. The van der Waals surface area contributed by atoms with Gasteiger partial charge in [-0.15, -0.1) is 0 Å². The Hall–Kier alpha value is -1.44. The van der Waals surface area contributed by atoms with Crippen molar-refractivity contribution in [2.24, 2.45) is 4.99 Å². The average Bonchev–Trinajstić information content (AvgIpc) is 2.22. The second-order valence-corrected chi connectivity index (χ2v) is 2.86. The van der Waals surface area contributed by atoms with Gasteiger partial charge in [0.1, 0.15) is 0 Å². The first-order valence-electron chi connectivity index (χ1n) is 5.07. The van der Waals surface area contributed by atoms with Crippen LogP contribution in [0, 0.1) is 5.41 Å². The number of nitrogens with one attached hydrogen (secondary N) is 1. The third-order valence-corrected chi connectivity index (χ3v) is 1.86. The molecule has 84 valence electrons. The molecule has 0 atom stereocenters. The van der Waals surface area contributed by atoms with E-state index in [0.29, 0.717) is 0 Å². The summed E-state index contributed by atoms with van der Waals surface area (Å²) in [7, 11) is 0. The van der Waals surface area contributed by atoms with Crippen LogP contribution in [-0.4, -0.2) is 11.9 Å². The minimum atomic E-state index is 0.797. The second kappa shape index (κ2) is 9.13. The van der Waals surface area contributed by atoms with Crippen LogP contribution in [0.15, 0.2) is 41.1 Å². The fraction of sp³-hybridized carbons (Fsp3) is 0.385. The van der Waals surface area contributed by atoms with Crippen LogP contribution in [0.1, 0.15) is 34.6 Å². The van der Waals surface area contributed by atoms with Crippen LogP contribution in [0.4, 0.5) is 0 Å². The van der Waals surface area contributed by atoms with Gasteiger partial charge in [-0.1, -0.05) is 32.6 Å². The summed E-state index contributed by atoms with van der Waals surface area (Å²) in [4.78, 5) is 4.03. The van der Waals surface area contributed by atoms with E-state index in [2.05, 4.69) is 18.2 Å². The summed E-state index contributed by atoms with van der Waals surface area (Å²) in [6.07, 6.45) is 2.77. The lowest BCUT2D eigenvalue weighted by atomic mass is 10.0. The predicted octanol–water partition coefficient (Wildman–Crippen LogP) is 4.16. The standard InChI is InChI=1S/C11H16N2.C2H6/c1-6-13-10(5)11(7-12)9(4)8(2)3;1-2/h6-7,12H,1-2H2,3-5H3;1-2H3/b11-9+,12-7?,13-10?;. The highest BCUT2D eigenvalue weighted by atomic mass is 14.7. The summed E-state index contributed by atoms with van der Waals surface area (Å²) in [6.45, 7) is 17.0. The minimum absolute atomic E-state index is 0.797. The van der Waals surface area contributed by atoms with Crippen molar-refractivity contribution in [1.82, 2.24) is 0 Å². The van der Waals surface area contributed by atoms with Crippen LogP contribution >= 0.6 is 0 Å². The van der Waals surface area contributed by atoms with Gasteiger partial charge in [-0.25, -0.2) is 0 Å². The van der Waals surface area contributed by atoms with Crippen LogP contribution in [-0.2, 0) is 0 Å². The maximum atomic E-state index is 7.25. The molecule has 1 N–H and O–H groups in total. The molecule has 0 rings (SSSR count). The van der Waals surface area contributed by atoms with Gasteiger partial charge in [-0.05, 0) is 26.3 Å². The molecule has 0 aromatic rings. The Labute approximate surface area is 93.6 Å². The zero-order valence-corrected chi connectivity index (χ0v) is 10.5. The van der Waals surface area contributed by atoms with Gasteiger partial charge >= 0.3 is 0 Å². The lowest BCUT2D eigenvalue weighted by molar-refractivity contribution is 1.34. The molecule has 0 bridgehead atoms. The highest BCUT2D eigenvalue weighted by Gasteiger charge is 2.03. The van der Waals surface area contributed by atoms with Crippen LogP contribution in [0.5, 0.6) is 0 Å². The van der Waals surface area contributed by atoms with Crippen LogP contribution in [0.25, 0.3) is 0 Å². The Bertz CT molecular complexity index is 294. The molecule has 0 spiro atoms. The predicted molar refractivity (Wildman–Crippen MR) is 71.0 cm³/mol. The molecule has 2 nitrogen and oxygen atoms in total. The number of allylic oxidation sites excluding steroid dienone is 3. The Morgan fingerprint density at radius 2 is 1.67 bits per heavy atom. The lowest BCUT2D eigenvalue weighted by Crippen LogP contribution is -2.02. The molecule has 0 saturated carbocycles. The molecular weight excluding hydrogens is 184 g/mol. The zero-order chi connectivity index (χ0) is 12.4. The summed E-state index contributed by atoms with van der Waals surface area (Å²) in [5.41, 5.74) is 3.56. The molecule has 0 fully saturated rings. The van der Waals surface area contributed by atoms with Crippen molar-refractivity contribution in [3.8, 4) is 0 Å². The third-order valence-electron chi connectivity index (χ3n) is 1.86. The van der Waals surface area contributed by atoms with Gasteiger partial charge in [0.25, 0.3) is 0 Å². The Kier molecular flexibility index (Phi) is 9.74. The van der Waals surface area contributed by atoms with Crippen molar-refractivity contribution < 1.29 is 0 Å². The van der Waals surface area contributed by atoms with E-state index in [9.17, 15) is 0 Å². The zero-order valence-electron chi connectivity index (χ0n) is 10.5. The number of hydrogen-bond donors (Lipinski definition) is 1. The average molecular weight is 206 g/mol. The normalized spacial score (nSPS) is 11.9. The molecular formula is C13H22N2. The maximum Gasteiger partial charge on any atom is 0.0462 e. The molecule has 0 aromatic carbocycles. The first kappa shape index (κ1) is 16.0. The van der Waals surface area contributed by atoms with Crippen molar-refractivity contribution in [2.75, 3.05) is 0 Å². The summed E-state index contributed by atoms with van der Waals surface area (Å²) < 4.78 is 0. The molecule has 0 radical (unpaired) electrons. The van der Waals surface area contributed by atoms with Gasteiger partial charge in [0.05, 0.1) is 0 Å². The number of rotatable bonds is 4. The van der Waals surface area contributed by atoms with E-state index in [1.54, 1.807) is 0 Å². The monoisotopic (exact) mass is 206 g/mol. The number of hydrogen-bond acceptors (Lipinski definition) is 2. The first-order chi connectivity index (χ1) is 7.04. The van der Waals surface area contributed by atoms with Crippen molar-refractivity contribution in [2.45, 2.75) is 34.6 Å².